The highest BCUT2D eigenvalue weighted by atomic mass is 35.5. The molecule has 1 heterocycles. The number of nitrogens with zero attached hydrogens (tertiary/aromatic N) is 3. The van der Waals surface area contributed by atoms with E-state index in [2.05, 4.69) is 51.6 Å². The molecule has 1 atom stereocenters. The van der Waals surface area contributed by atoms with Crippen LogP contribution in [0.3, 0.4) is 0 Å². The van der Waals surface area contributed by atoms with Crippen molar-refractivity contribution in [3.8, 4) is 0 Å². The largest absolute Gasteiger partial charge is 0.368 e. The Bertz CT molecular complexity index is 974. The number of ketones is 1. The zero-order valence-electron chi connectivity index (χ0n) is 21.7. The van der Waals surface area contributed by atoms with Crippen LogP contribution in [-0.4, -0.2) is 51.4 Å². The second-order valence-electron chi connectivity index (χ2n) is 10.2. The first-order chi connectivity index (χ1) is 16.9. The van der Waals surface area contributed by atoms with Gasteiger partial charge in [0.25, 0.3) is 0 Å². The second-order valence-corrected chi connectivity index (χ2v) is 10.9. The number of anilines is 1. The summed E-state index contributed by atoms with van der Waals surface area (Å²) in [5.74, 6) is 0.567. The van der Waals surface area contributed by atoms with Gasteiger partial charge in [-0.15, -0.1) is 0 Å². The van der Waals surface area contributed by atoms with Gasteiger partial charge in [-0.05, 0) is 86.7 Å². The Morgan fingerprint density at radius 2 is 1.58 bits per heavy atom. The van der Waals surface area contributed by atoms with Crippen LogP contribution in [0.4, 0.5) is 5.95 Å². The normalized spacial score (nSPS) is 12.4. The van der Waals surface area contributed by atoms with Gasteiger partial charge in [-0.1, -0.05) is 38.1 Å². The van der Waals surface area contributed by atoms with Gasteiger partial charge < -0.3 is 15.4 Å². The van der Waals surface area contributed by atoms with Crippen molar-refractivity contribution in [1.29, 1.82) is 0 Å². The summed E-state index contributed by atoms with van der Waals surface area (Å²) in [6, 6.07) is 7.60. The van der Waals surface area contributed by atoms with Gasteiger partial charge in [-0.3, -0.25) is 9.59 Å². The summed E-state index contributed by atoms with van der Waals surface area (Å²) in [6.07, 6.45) is 3.27. The average molecular weight is 539 g/mol. The molecule has 198 valence electrons. The van der Waals surface area contributed by atoms with Crippen LogP contribution >= 0.6 is 23.2 Å². The van der Waals surface area contributed by atoms with E-state index < -0.39 is 11.6 Å². The Morgan fingerprint density at radius 1 is 0.972 bits per heavy atom. The van der Waals surface area contributed by atoms with Gasteiger partial charge in [0.05, 0.1) is 18.1 Å². The van der Waals surface area contributed by atoms with Crippen LogP contribution < -0.4 is 10.6 Å². The number of ether oxygens (including phenoxy) is 1. The number of benzene rings is 1. The summed E-state index contributed by atoms with van der Waals surface area (Å²) in [5, 5.41) is 5.82. The monoisotopic (exact) mass is 537 g/mol. The summed E-state index contributed by atoms with van der Waals surface area (Å²) >= 11 is 11.7. The summed E-state index contributed by atoms with van der Waals surface area (Å²) in [6.45, 7) is 10.5. The molecule has 0 saturated carbocycles. The number of unbranched alkanes of at least 4 members (excludes halogenated alkanes) is 1. The van der Waals surface area contributed by atoms with E-state index in [9.17, 15) is 9.59 Å². The van der Waals surface area contributed by atoms with Gasteiger partial charge in [0, 0.05) is 6.54 Å². The highest BCUT2D eigenvalue weighted by Gasteiger charge is 2.22. The molecule has 8 nitrogen and oxygen atoms in total. The number of hydrogen-bond donors (Lipinski definition) is 2. The Kier molecular flexibility index (Phi) is 12.0. The number of amides is 1. The maximum absolute atomic E-state index is 12.8. The summed E-state index contributed by atoms with van der Waals surface area (Å²) in [7, 11) is 0. The molecule has 1 aromatic carbocycles. The molecule has 0 bridgehead atoms. The lowest BCUT2D eigenvalue weighted by Gasteiger charge is -2.22. The van der Waals surface area contributed by atoms with E-state index in [0.717, 1.165) is 12.0 Å². The van der Waals surface area contributed by atoms with Gasteiger partial charge in [0.2, 0.25) is 22.4 Å². The fourth-order valence-electron chi connectivity index (χ4n) is 3.46. The molecule has 0 aliphatic heterocycles. The van der Waals surface area contributed by atoms with Crippen molar-refractivity contribution in [1.82, 2.24) is 20.3 Å². The van der Waals surface area contributed by atoms with Crippen molar-refractivity contribution in [2.24, 2.45) is 5.92 Å². The van der Waals surface area contributed by atoms with Crippen LogP contribution in [0.2, 0.25) is 10.6 Å². The number of carbonyl (C=O) groups is 2. The molecule has 2 aromatic rings. The predicted molar refractivity (Wildman–Crippen MR) is 144 cm³/mol. The highest BCUT2D eigenvalue weighted by molar-refractivity contribution is 6.31. The van der Waals surface area contributed by atoms with Gasteiger partial charge >= 0.3 is 0 Å². The minimum atomic E-state index is -0.595. The van der Waals surface area contributed by atoms with Crippen molar-refractivity contribution in [3.05, 3.63) is 46.0 Å². The second kappa shape index (κ2) is 14.4. The fourth-order valence-corrected chi connectivity index (χ4v) is 3.83. The summed E-state index contributed by atoms with van der Waals surface area (Å²) in [4.78, 5) is 36.9. The van der Waals surface area contributed by atoms with E-state index in [-0.39, 0.29) is 34.8 Å². The maximum Gasteiger partial charge on any atom is 0.228 e. The molecule has 10 heteroatoms. The van der Waals surface area contributed by atoms with Crippen molar-refractivity contribution >= 4 is 40.8 Å². The molecule has 0 unspecified atom stereocenters. The van der Waals surface area contributed by atoms with Crippen LogP contribution in [-0.2, 0) is 27.2 Å². The van der Waals surface area contributed by atoms with E-state index in [1.165, 1.54) is 5.56 Å². The Labute approximate surface area is 223 Å². The molecule has 1 amide bonds. The minimum Gasteiger partial charge on any atom is -0.368 e. The number of halogens is 2. The summed E-state index contributed by atoms with van der Waals surface area (Å²) < 4.78 is 5.65. The Morgan fingerprint density at radius 3 is 2.17 bits per heavy atom. The van der Waals surface area contributed by atoms with Crippen LogP contribution in [0.5, 0.6) is 0 Å². The SMILES string of the molecule is CC(C)Cc1ccc(CC(=O)NCCCC[C@H](Nc2nc(Cl)nc(Cl)n2)C(=O)COC(C)(C)C)cc1. The quantitative estimate of drug-likeness (QED) is 0.324. The zero-order chi connectivity index (χ0) is 26.7. The standard InChI is InChI=1S/C26H37Cl2N5O3/c1-17(2)14-18-9-11-19(12-10-18)15-22(35)29-13-7-6-8-20(21(34)16-36-26(3,4)5)30-25-32-23(27)31-24(28)33-25/h9-12,17,20H,6-8,13-16H2,1-5H3,(H,29,35)(H,30,31,32,33)/t20-/m0/s1. The van der Waals surface area contributed by atoms with Crippen molar-refractivity contribution in [2.75, 3.05) is 18.5 Å². The molecule has 0 fully saturated rings. The minimum absolute atomic E-state index is 0.0228. The summed E-state index contributed by atoms with van der Waals surface area (Å²) in [5.41, 5.74) is 1.82. The predicted octanol–water partition coefficient (Wildman–Crippen LogP) is 5.07. The van der Waals surface area contributed by atoms with E-state index in [0.29, 0.717) is 38.1 Å². The molecule has 0 spiro atoms. The van der Waals surface area contributed by atoms with Crippen LogP contribution in [0.15, 0.2) is 24.3 Å². The van der Waals surface area contributed by atoms with Crippen LogP contribution in [0, 0.1) is 5.92 Å². The number of carbonyl (C=O) groups excluding carboxylic acids is 2. The topological polar surface area (TPSA) is 106 Å². The third-order valence-electron chi connectivity index (χ3n) is 5.19. The number of aromatic nitrogens is 3. The van der Waals surface area contributed by atoms with E-state index in [4.69, 9.17) is 27.9 Å². The highest BCUT2D eigenvalue weighted by Crippen LogP contribution is 2.15. The molecule has 1 aromatic heterocycles. The molecule has 2 N–H and O–H groups in total. The molecule has 36 heavy (non-hydrogen) atoms. The lowest BCUT2D eigenvalue weighted by atomic mass is 10.0. The van der Waals surface area contributed by atoms with Crippen LogP contribution in [0.25, 0.3) is 0 Å². The first-order valence-corrected chi connectivity index (χ1v) is 13.0. The number of nitrogens with one attached hydrogen (secondary N) is 2. The average Bonchev–Trinajstić information content (AvgIpc) is 2.76. The van der Waals surface area contributed by atoms with E-state index >= 15 is 0 Å². The van der Waals surface area contributed by atoms with Crippen molar-refractivity contribution in [2.45, 2.75) is 78.4 Å². The van der Waals surface area contributed by atoms with Gasteiger partial charge in [0.15, 0.2) is 5.78 Å². The number of rotatable bonds is 14. The molecule has 0 aliphatic carbocycles. The number of hydrogen-bond acceptors (Lipinski definition) is 7. The third kappa shape index (κ3) is 12.1. The smallest absolute Gasteiger partial charge is 0.228 e. The van der Waals surface area contributed by atoms with Crippen LogP contribution in [0.1, 0.15) is 65.0 Å². The number of Topliss-reactive ketones (excluding diaryl/α,β-unsaturated/α-hetero) is 1. The van der Waals surface area contributed by atoms with Gasteiger partial charge in [-0.25, -0.2) is 0 Å². The maximum atomic E-state index is 12.8. The fraction of sp³-hybridized carbons (Fsp3) is 0.577. The van der Waals surface area contributed by atoms with E-state index in [1.54, 1.807) is 0 Å². The van der Waals surface area contributed by atoms with E-state index in [1.807, 2.05) is 32.9 Å². The lowest BCUT2D eigenvalue weighted by molar-refractivity contribution is -0.129. The van der Waals surface area contributed by atoms with Gasteiger partial charge in [-0.2, -0.15) is 15.0 Å². The molecule has 2 rings (SSSR count). The molecular formula is C26H37Cl2N5O3. The van der Waals surface area contributed by atoms with Crippen molar-refractivity contribution in [3.63, 3.8) is 0 Å². The molecule has 0 saturated heterocycles. The first kappa shape index (κ1) is 29.9. The van der Waals surface area contributed by atoms with Crippen molar-refractivity contribution < 1.29 is 14.3 Å². The molecule has 0 radical (unpaired) electrons. The Hall–Kier alpha value is -2.29. The first-order valence-electron chi connectivity index (χ1n) is 12.3. The van der Waals surface area contributed by atoms with Gasteiger partial charge in [0.1, 0.15) is 6.61 Å². The molecular weight excluding hydrogens is 501 g/mol. The third-order valence-corrected chi connectivity index (χ3v) is 5.53. The zero-order valence-corrected chi connectivity index (χ0v) is 23.2. The lowest BCUT2D eigenvalue weighted by Crippen LogP contribution is -2.36. The Balaban J connectivity index is 1.82. The molecule has 0 aliphatic rings.